The van der Waals surface area contributed by atoms with E-state index in [9.17, 15) is 22.8 Å². The Bertz CT molecular complexity index is 908. The standard InChI is InChI=1S/C15H12F3N5O3/c16-15(17,18)8-5-9-12(26-7-11(24)20-9)10(6-8)21-14(25)23-4-3-22-2-1-19-13(22)23/h1-2,5-6H,3-4,7H2,(H,20,24)(H,21,25). The summed E-state index contributed by atoms with van der Waals surface area (Å²) in [4.78, 5) is 29.3. The van der Waals surface area contributed by atoms with Gasteiger partial charge in [-0.1, -0.05) is 0 Å². The van der Waals surface area contributed by atoms with Crippen LogP contribution in [0.15, 0.2) is 24.5 Å². The van der Waals surface area contributed by atoms with Gasteiger partial charge < -0.3 is 19.9 Å². The number of nitrogens with one attached hydrogen (secondary N) is 2. The molecule has 4 rings (SSSR count). The van der Waals surface area contributed by atoms with Crippen molar-refractivity contribution in [2.75, 3.05) is 28.7 Å². The number of rotatable bonds is 1. The number of carbonyl (C=O) groups excluding carboxylic acids is 2. The Morgan fingerprint density at radius 1 is 1.31 bits per heavy atom. The molecule has 8 nitrogen and oxygen atoms in total. The summed E-state index contributed by atoms with van der Waals surface area (Å²) in [6.07, 6.45) is -1.42. The molecule has 0 atom stereocenters. The zero-order valence-corrected chi connectivity index (χ0v) is 13.1. The van der Waals surface area contributed by atoms with Gasteiger partial charge in [0.25, 0.3) is 5.91 Å². The molecule has 3 amide bonds. The van der Waals surface area contributed by atoms with Crippen molar-refractivity contribution in [1.82, 2.24) is 9.55 Å². The van der Waals surface area contributed by atoms with E-state index < -0.39 is 23.7 Å². The number of ether oxygens (including phenoxy) is 1. The summed E-state index contributed by atoms with van der Waals surface area (Å²) in [5.74, 6) is -0.193. The van der Waals surface area contributed by atoms with Crippen LogP contribution in [0.4, 0.5) is 35.3 Å². The zero-order valence-electron chi connectivity index (χ0n) is 13.1. The lowest BCUT2D eigenvalue weighted by molar-refractivity contribution is -0.137. The van der Waals surface area contributed by atoms with Gasteiger partial charge in [0.1, 0.15) is 0 Å². The van der Waals surface area contributed by atoms with E-state index in [0.29, 0.717) is 19.0 Å². The van der Waals surface area contributed by atoms with Crippen LogP contribution >= 0.6 is 0 Å². The van der Waals surface area contributed by atoms with Crippen molar-refractivity contribution in [3.8, 4) is 5.75 Å². The fourth-order valence-corrected chi connectivity index (χ4v) is 2.86. The Morgan fingerprint density at radius 2 is 2.12 bits per heavy atom. The predicted molar refractivity (Wildman–Crippen MR) is 84.2 cm³/mol. The topological polar surface area (TPSA) is 88.5 Å². The Hall–Kier alpha value is -3.24. The normalized spacial score (nSPS) is 15.8. The van der Waals surface area contributed by atoms with Crippen molar-refractivity contribution in [2.24, 2.45) is 0 Å². The first-order chi connectivity index (χ1) is 12.3. The summed E-state index contributed by atoms with van der Waals surface area (Å²) in [6.45, 7) is 0.527. The third-order valence-electron chi connectivity index (χ3n) is 4.02. The van der Waals surface area contributed by atoms with Gasteiger partial charge >= 0.3 is 12.2 Å². The molecule has 1 aromatic carbocycles. The van der Waals surface area contributed by atoms with Gasteiger partial charge in [-0.2, -0.15) is 13.2 Å². The quantitative estimate of drug-likeness (QED) is 0.810. The number of alkyl halides is 3. The van der Waals surface area contributed by atoms with E-state index >= 15 is 0 Å². The highest BCUT2D eigenvalue weighted by Crippen LogP contribution is 2.42. The maximum Gasteiger partial charge on any atom is 0.416 e. The number of imidazole rings is 1. The van der Waals surface area contributed by atoms with Crippen LogP contribution in [0.3, 0.4) is 0 Å². The van der Waals surface area contributed by atoms with Crippen molar-refractivity contribution in [3.05, 3.63) is 30.1 Å². The molecule has 0 unspecified atom stereocenters. The molecule has 26 heavy (non-hydrogen) atoms. The molecule has 2 aromatic rings. The van der Waals surface area contributed by atoms with Crippen LogP contribution in [0.2, 0.25) is 0 Å². The lowest BCUT2D eigenvalue weighted by atomic mass is 10.1. The van der Waals surface area contributed by atoms with Gasteiger partial charge in [-0.05, 0) is 12.1 Å². The average molecular weight is 367 g/mol. The lowest BCUT2D eigenvalue weighted by Crippen LogP contribution is -2.34. The number of carbonyl (C=O) groups is 2. The van der Waals surface area contributed by atoms with E-state index in [1.54, 1.807) is 10.8 Å². The molecule has 2 aliphatic rings. The summed E-state index contributed by atoms with van der Waals surface area (Å²) < 4.78 is 46.4. The summed E-state index contributed by atoms with van der Waals surface area (Å²) in [5.41, 5.74) is -1.33. The maximum atomic E-state index is 13.1. The maximum absolute atomic E-state index is 13.1. The highest BCUT2D eigenvalue weighted by Gasteiger charge is 2.35. The second kappa shape index (κ2) is 5.64. The van der Waals surface area contributed by atoms with Crippen molar-refractivity contribution < 1.29 is 27.5 Å². The molecule has 1 aromatic heterocycles. The van der Waals surface area contributed by atoms with Gasteiger partial charge in [-0.25, -0.2) is 9.78 Å². The average Bonchev–Trinajstić information content (AvgIpc) is 3.16. The number of hydrogen-bond acceptors (Lipinski definition) is 4. The number of fused-ring (bicyclic) bond motifs is 2. The predicted octanol–water partition coefficient (Wildman–Crippen LogP) is 2.28. The van der Waals surface area contributed by atoms with Gasteiger partial charge in [0.05, 0.1) is 16.9 Å². The van der Waals surface area contributed by atoms with Crippen LogP contribution in [0.1, 0.15) is 5.56 Å². The number of hydrogen-bond donors (Lipinski definition) is 2. The molecule has 0 bridgehead atoms. The van der Waals surface area contributed by atoms with Gasteiger partial charge in [-0.15, -0.1) is 0 Å². The first-order valence-corrected chi connectivity index (χ1v) is 7.60. The molecule has 0 saturated heterocycles. The number of aromatic nitrogens is 2. The van der Waals surface area contributed by atoms with Crippen LogP contribution in [0, 0.1) is 0 Å². The number of anilines is 3. The van der Waals surface area contributed by atoms with Gasteiger partial charge in [0.15, 0.2) is 12.4 Å². The molecule has 0 fully saturated rings. The minimum Gasteiger partial charge on any atom is -0.479 e. The molecular weight excluding hydrogens is 355 g/mol. The van der Waals surface area contributed by atoms with E-state index in [2.05, 4.69) is 15.6 Å². The molecule has 0 spiro atoms. The first kappa shape index (κ1) is 16.2. The van der Waals surface area contributed by atoms with Crippen LogP contribution in [0.25, 0.3) is 0 Å². The zero-order chi connectivity index (χ0) is 18.5. The van der Waals surface area contributed by atoms with E-state index in [-0.39, 0.29) is 23.7 Å². The number of halogens is 3. The smallest absolute Gasteiger partial charge is 0.416 e. The minimum atomic E-state index is -4.65. The molecule has 2 N–H and O–H groups in total. The summed E-state index contributed by atoms with van der Waals surface area (Å²) in [7, 11) is 0. The van der Waals surface area contributed by atoms with Crippen molar-refractivity contribution in [2.45, 2.75) is 12.7 Å². The van der Waals surface area contributed by atoms with E-state index in [0.717, 1.165) is 12.1 Å². The van der Waals surface area contributed by atoms with E-state index in [1.165, 1.54) is 11.1 Å². The van der Waals surface area contributed by atoms with Gasteiger partial charge in [-0.3, -0.25) is 9.69 Å². The molecule has 0 radical (unpaired) electrons. The molecular formula is C15H12F3N5O3. The highest BCUT2D eigenvalue weighted by molar-refractivity contribution is 6.04. The summed E-state index contributed by atoms with van der Waals surface area (Å²) in [6, 6.07) is 0.901. The SMILES string of the molecule is O=C1COc2c(cc(C(F)(F)F)cc2NC(=O)N2CCn3ccnc32)N1. The minimum absolute atomic E-state index is 0.0199. The third kappa shape index (κ3) is 2.70. The molecule has 0 saturated carbocycles. The number of nitrogens with zero attached hydrogens (tertiary/aromatic N) is 3. The van der Waals surface area contributed by atoms with Crippen molar-refractivity contribution in [3.63, 3.8) is 0 Å². The molecule has 3 heterocycles. The summed E-state index contributed by atoms with van der Waals surface area (Å²) >= 11 is 0. The van der Waals surface area contributed by atoms with Crippen LogP contribution in [0.5, 0.6) is 5.75 Å². The number of benzene rings is 1. The largest absolute Gasteiger partial charge is 0.479 e. The lowest BCUT2D eigenvalue weighted by Gasteiger charge is -2.24. The van der Waals surface area contributed by atoms with Gasteiger partial charge in [0.2, 0.25) is 5.95 Å². The first-order valence-electron chi connectivity index (χ1n) is 7.60. The molecule has 0 aliphatic carbocycles. The molecule has 11 heteroatoms. The Kier molecular flexibility index (Phi) is 3.53. The van der Waals surface area contributed by atoms with Crippen molar-refractivity contribution in [1.29, 1.82) is 0 Å². The molecule has 136 valence electrons. The second-order valence-electron chi connectivity index (χ2n) is 5.74. The number of urea groups is 1. The fourth-order valence-electron chi connectivity index (χ4n) is 2.86. The van der Waals surface area contributed by atoms with E-state index in [4.69, 9.17) is 4.74 Å². The Balaban J connectivity index is 1.68. The fraction of sp³-hybridized carbons (Fsp3) is 0.267. The van der Waals surface area contributed by atoms with Crippen molar-refractivity contribution >= 4 is 29.3 Å². The monoisotopic (exact) mass is 367 g/mol. The number of amides is 3. The van der Waals surface area contributed by atoms with Gasteiger partial charge in [0, 0.05) is 25.5 Å². The Labute approximate surface area is 144 Å². The van der Waals surface area contributed by atoms with Crippen LogP contribution in [-0.4, -0.2) is 34.6 Å². The van der Waals surface area contributed by atoms with E-state index in [1.807, 2.05) is 0 Å². The second-order valence-corrected chi connectivity index (χ2v) is 5.74. The highest BCUT2D eigenvalue weighted by atomic mass is 19.4. The van der Waals surface area contributed by atoms with Crippen LogP contribution < -0.4 is 20.3 Å². The Morgan fingerprint density at radius 3 is 2.88 bits per heavy atom. The third-order valence-corrected chi connectivity index (χ3v) is 4.02. The summed E-state index contributed by atoms with van der Waals surface area (Å²) in [5, 5.41) is 4.75. The molecule has 2 aliphatic heterocycles. The van der Waals surface area contributed by atoms with Crippen LogP contribution in [-0.2, 0) is 17.5 Å².